The van der Waals surface area contributed by atoms with Gasteiger partial charge in [-0.3, -0.25) is 0 Å². The summed E-state index contributed by atoms with van der Waals surface area (Å²) < 4.78 is 5.14. The number of aliphatic hydroxyl groups excluding tert-OH is 1. The van der Waals surface area contributed by atoms with Gasteiger partial charge in [0.2, 0.25) is 0 Å². The summed E-state index contributed by atoms with van der Waals surface area (Å²) in [5.74, 6) is 0.770. The van der Waals surface area contributed by atoms with E-state index >= 15 is 0 Å². The second-order valence-corrected chi connectivity index (χ2v) is 3.22. The molecule has 0 aromatic heterocycles. The molecule has 0 amide bonds. The van der Waals surface area contributed by atoms with Gasteiger partial charge < -0.3 is 15.6 Å². The Balaban J connectivity index is 3.04. The Labute approximate surface area is 84.5 Å². The maximum absolute atomic E-state index is 9.59. The van der Waals surface area contributed by atoms with Crippen LogP contribution in [0.1, 0.15) is 24.2 Å². The van der Waals surface area contributed by atoms with Crippen molar-refractivity contribution in [2.75, 3.05) is 13.7 Å². The molecule has 0 saturated carbocycles. The predicted octanol–water partition coefficient (Wildman–Crippen LogP) is 1.25. The standard InChI is InChI=1S/C11H17NO2/c1-3-8-4-9(11(13)7-12)6-10(5-8)14-2/h4-6,11,13H,3,7,12H2,1-2H3. The fourth-order valence-corrected chi connectivity index (χ4v) is 1.34. The topological polar surface area (TPSA) is 55.5 Å². The van der Waals surface area contributed by atoms with E-state index in [0.29, 0.717) is 0 Å². The first-order chi connectivity index (χ1) is 6.71. The largest absolute Gasteiger partial charge is 0.497 e. The maximum Gasteiger partial charge on any atom is 0.119 e. The van der Waals surface area contributed by atoms with Crippen LogP contribution in [-0.2, 0) is 6.42 Å². The van der Waals surface area contributed by atoms with Gasteiger partial charge in [0, 0.05) is 6.54 Å². The van der Waals surface area contributed by atoms with Gasteiger partial charge in [0.05, 0.1) is 13.2 Å². The van der Waals surface area contributed by atoms with E-state index in [1.807, 2.05) is 18.2 Å². The smallest absolute Gasteiger partial charge is 0.119 e. The van der Waals surface area contributed by atoms with Crippen LogP contribution < -0.4 is 10.5 Å². The van der Waals surface area contributed by atoms with Crippen molar-refractivity contribution in [3.8, 4) is 5.75 Å². The summed E-state index contributed by atoms with van der Waals surface area (Å²) in [4.78, 5) is 0. The average molecular weight is 195 g/mol. The highest BCUT2D eigenvalue weighted by Crippen LogP contribution is 2.21. The van der Waals surface area contributed by atoms with E-state index in [4.69, 9.17) is 10.5 Å². The molecule has 0 aliphatic carbocycles. The van der Waals surface area contributed by atoms with E-state index in [0.717, 1.165) is 23.3 Å². The Bertz CT molecular complexity index is 277. The third-order valence-electron chi connectivity index (χ3n) is 2.24. The number of ether oxygens (including phenoxy) is 1. The number of methoxy groups -OCH3 is 1. The molecule has 1 unspecified atom stereocenters. The zero-order valence-electron chi connectivity index (χ0n) is 8.66. The molecule has 1 atom stereocenters. The first kappa shape index (κ1) is 11.0. The van der Waals surface area contributed by atoms with Gasteiger partial charge in [-0.25, -0.2) is 0 Å². The van der Waals surface area contributed by atoms with Crippen molar-refractivity contribution in [2.45, 2.75) is 19.4 Å². The summed E-state index contributed by atoms with van der Waals surface area (Å²) in [7, 11) is 1.62. The molecule has 3 nitrogen and oxygen atoms in total. The molecule has 0 spiro atoms. The predicted molar refractivity (Wildman–Crippen MR) is 56.4 cm³/mol. The summed E-state index contributed by atoms with van der Waals surface area (Å²) in [5.41, 5.74) is 7.36. The highest BCUT2D eigenvalue weighted by Gasteiger charge is 2.07. The Morgan fingerprint density at radius 3 is 2.64 bits per heavy atom. The van der Waals surface area contributed by atoms with E-state index in [-0.39, 0.29) is 6.54 Å². The van der Waals surface area contributed by atoms with Crippen LogP contribution in [0.25, 0.3) is 0 Å². The first-order valence-corrected chi connectivity index (χ1v) is 4.77. The molecular formula is C11H17NO2. The number of aliphatic hydroxyl groups is 1. The van der Waals surface area contributed by atoms with E-state index in [9.17, 15) is 5.11 Å². The third kappa shape index (κ3) is 2.47. The van der Waals surface area contributed by atoms with Gasteiger partial charge in [-0.15, -0.1) is 0 Å². The number of hydrogen-bond donors (Lipinski definition) is 2. The Kier molecular flexibility index (Phi) is 3.92. The molecule has 0 saturated heterocycles. The SMILES string of the molecule is CCc1cc(OC)cc(C(O)CN)c1. The molecule has 1 rings (SSSR count). The molecule has 14 heavy (non-hydrogen) atoms. The van der Waals surface area contributed by atoms with Crippen LogP contribution in [-0.4, -0.2) is 18.8 Å². The minimum absolute atomic E-state index is 0.232. The summed E-state index contributed by atoms with van der Waals surface area (Å²) in [5, 5.41) is 9.59. The summed E-state index contributed by atoms with van der Waals surface area (Å²) in [6.45, 7) is 2.30. The van der Waals surface area contributed by atoms with E-state index in [1.54, 1.807) is 7.11 Å². The lowest BCUT2D eigenvalue weighted by molar-refractivity contribution is 0.186. The molecule has 78 valence electrons. The molecule has 3 N–H and O–H groups in total. The molecular weight excluding hydrogens is 178 g/mol. The minimum Gasteiger partial charge on any atom is -0.497 e. The quantitative estimate of drug-likeness (QED) is 0.760. The summed E-state index contributed by atoms with van der Waals surface area (Å²) in [6, 6.07) is 5.74. The number of rotatable bonds is 4. The third-order valence-corrected chi connectivity index (χ3v) is 2.24. The van der Waals surface area contributed by atoms with Crippen molar-refractivity contribution in [3.63, 3.8) is 0 Å². The number of benzene rings is 1. The highest BCUT2D eigenvalue weighted by molar-refractivity contribution is 5.35. The molecule has 1 aromatic rings. The van der Waals surface area contributed by atoms with Crippen LogP contribution in [0.4, 0.5) is 0 Å². The van der Waals surface area contributed by atoms with Crippen molar-refractivity contribution in [1.29, 1.82) is 0 Å². The van der Waals surface area contributed by atoms with Gasteiger partial charge in [-0.1, -0.05) is 13.0 Å². The van der Waals surface area contributed by atoms with Gasteiger partial charge in [-0.2, -0.15) is 0 Å². The lowest BCUT2D eigenvalue weighted by Crippen LogP contribution is -2.11. The van der Waals surface area contributed by atoms with E-state index in [1.165, 1.54) is 0 Å². The molecule has 0 aliphatic rings. The number of aryl methyl sites for hydroxylation is 1. The average Bonchev–Trinajstić information content (AvgIpc) is 2.27. The van der Waals surface area contributed by atoms with Gasteiger partial charge in [0.25, 0.3) is 0 Å². The fourth-order valence-electron chi connectivity index (χ4n) is 1.34. The van der Waals surface area contributed by atoms with Crippen LogP contribution in [0, 0.1) is 0 Å². The van der Waals surface area contributed by atoms with Gasteiger partial charge >= 0.3 is 0 Å². The normalized spacial score (nSPS) is 12.6. The Morgan fingerprint density at radius 2 is 2.14 bits per heavy atom. The summed E-state index contributed by atoms with van der Waals surface area (Å²) in [6.07, 6.45) is 0.317. The summed E-state index contributed by atoms with van der Waals surface area (Å²) >= 11 is 0. The molecule has 3 heteroatoms. The molecule has 0 radical (unpaired) electrons. The first-order valence-electron chi connectivity index (χ1n) is 4.77. The van der Waals surface area contributed by atoms with Crippen molar-refractivity contribution in [2.24, 2.45) is 5.73 Å². The second kappa shape index (κ2) is 4.98. The zero-order chi connectivity index (χ0) is 10.6. The van der Waals surface area contributed by atoms with Crippen LogP contribution in [0.2, 0.25) is 0 Å². The lowest BCUT2D eigenvalue weighted by atomic mass is 10.0. The van der Waals surface area contributed by atoms with Crippen LogP contribution in [0.5, 0.6) is 5.75 Å². The monoisotopic (exact) mass is 195 g/mol. The van der Waals surface area contributed by atoms with Crippen molar-refractivity contribution >= 4 is 0 Å². The van der Waals surface area contributed by atoms with Crippen LogP contribution >= 0.6 is 0 Å². The van der Waals surface area contributed by atoms with E-state index in [2.05, 4.69) is 6.92 Å². The molecule has 0 fully saturated rings. The maximum atomic E-state index is 9.59. The second-order valence-electron chi connectivity index (χ2n) is 3.22. The lowest BCUT2D eigenvalue weighted by Gasteiger charge is -2.11. The molecule has 0 aliphatic heterocycles. The Hall–Kier alpha value is -1.06. The minimum atomic E-state index is -0.601. The van der Waals surface area contributed by atoms with Gasteiger partial charge in [0.1, 0.15) is 5.75 Å². The molecule has 0 bridgehead atoms. The molecule has 1 aromatic carbocycles. The van der Waals surface area contributed by atoms with Crippen molar-refractivity contribution < 1.29 is 9.84 Å². The number of nitrogens with two attached hydrogens (primary N) is 1. The van der Waals surface area contributed by atoms with Crippen molar-refractivity contribution in [3.05, 3.63) is 29.3 Å². The van der Waals surface area contributed by atoms with Crippen molar-refractivity contribution in [1.82, 2.24) is 0 Å². The fraction of sp³-hybridized carbons (Fsp3) is 0.455. The van der Waals surface area contributed by atoms with E-state index < -0.39 is 6.10 Å². The van der Waals surface area contributed by atoms with Gasteiger partial charge in [-0.05, 0) is 29.7 Å². The Morgan fingerprint density at radius 1 is 1.43 bits per heavy atom. The van der Waals surface area contributed by atoms with Gasteiger partial charge in [0.15, 0.2) is 0 Å². The highest BCUT2D eigenvalue weighted by atomic mass is 16.5. The van der Waals surface area contributed by atoms with Crippen LogP contribution in [0.15, 0.2) is 18.2 Å². The number of hydrogen-bond acceptors (Lipinski definition) is 3. The zero-order valence-corrected chi connectivity index (χ0v) is 8.66. The van der Waals surface area contributed by atoms with Crippen LogP contribution in [0.3, 0.4) is 0 Å². The molecule has 0 heterocycles.